The predicted molar refractivity (Wildman–Crippen MR) is 112 cm³/mol. The van der Waals surface area contributed by atoms with Crippen molar-refractivity contribution < 1.29 is 22.7 Å². The second-order valence-electron chi connectivity index (χ2n) is 6.48. The van der Waals surface area contributed by atoms with Crippen LogP contribution in [-0.4, -0.2) is 50.4 Å². The molecular weight excluding hydrogens is 434 g/mol. The van der Waals surface area contributed by atoms with Crippen LogP contribution in [0.5, 0.6) is 0 Å². The number of benzene rings is 2. The van der Waals surface area contributed by atoms with E-state index < -0.39 is 28.4 Å². The summed E-state index contributed by atoms with van der Waals surface area (Å²) in [5.41, 5.74) is 0.459. The molecular formula is C20H20ClNO5S2. The molecule has 1 saturated heterocycles. The number of nitrogens with zero attached hydrogens (tertiary/aromatic N) is 1. The van der Waals surface area contributed by atoms with Gasteiger partial charge < -0.3 is 4.74 Å². The summed E-state index contributed by atoms with van der Waals surface area (Å²) in [5.74, 6) is -1.12. The third-order valence-electron chi connectivity index (χ3n) is 4.61. The first kappa shape index (κ1) is 21.8. The maximum atomic E-state index is 12.5. The van der Waals surface area contributed by atoms with Crippen LogP contribution in [0.25, 0.3) is 0 Å². The van der Waals surface area contributed by atoms with Crippen LogP contribution in [0, 0.1) is 0 Å². The minimum atomic E-state index is -3.53. The lowest BCUT2D eigenvalue weighted by Gasteiger charge is -2.15. The summed E-state index contributed by atoms with van der Waals surface area (Å²) in [4.78, 5) is 25.6. The first-order valence-electron chi connectivity index (χ1n) is 8.97. The molecule has 1 aliphatic heterocycles. The Morgan fingerprint density at radius 1 is 1.10 bits per heavy atom. The number of rotatable bonds is 7. The lowest BCUT2D eigenvalue weighted by atomic mass is 10.1. The Kier molecular flexibility index (Phi) is 7.00. The van der Waals surface area contributed by atoms with Crippen LogP contribution in [0.15, 0.2) is 52.3 Å². The molecule has 29 heavy (non-hydrogen) atoms. The Labute approximate surface area is 179 Å². The monoisotopic (exact) mass is 453 g/mol. The molecule has 9 heteroatoms. The molecule has 0 N–H and O–H groups in total. The molecule has 2 aromatic carbocycles. The topological polar surface area (TPSA) is 80.8 Å². The molecule has 0 aliphatic carbocycles. The first-order chi connectivity index (χ1) is 13.8. The predicted octanol–water partition coefficient (Wildman–Crippen LogP) is 3.89. The summed E-state index contributed by atoms with van der Waals surface area (Å²) in [6.45, 7) is 0.565. The highest BCUT2D eigenvalue weighted by molar-refractivity contribution is 7.98. The van der Waals surface area contributed by atoms with Crippen molar-refractivity contribution in [3.05, 3.63) is 58.6 Å². The Balaban J connectivity index is 1.65. The molecule has 0 saturated carbocycles. The molecule has 154 valence electrons. The average Bonchev–Trinajstić information content (AvgIpc) is 3.28. The van der Waals surface area contributed by atoms with Crippen LogP contribution >= 0.6 is 23.4 Å². The minimum absolute atomic E-state index is 0.147. The molecule has 0 bridgehead atoms. The molecule has 0 unspecified atom stereocenters. The van der Waals surface area contributed by atoms with Crippen molar-refractivity contribution >= 4 is 45.1 Å². The van der Waals surface area contributed by atoms with Gasteiger partial charge in [0, 0.05) is 23.5 Å². The van der Waals surface area contributed by atoms with E-state index in [0.29, 0.717) is 13.1 Å². The number of Topliss-reactive ketones (excluding diaryl/α,β-unsaturated/α-hetero) is 1. The molecule has 0 aromatic heterocycles. The number of hydrogen-bond acceptors (Lipinski definition) is 6. The molecule has 0 amide bonds. The van der Waals surface area contributed by atoms with E-state index in [4.69, 9.17) is 16.3 Å². The summed E-state index contributed by atoms with van der Waals surface area (Å²) < 4.78 is 31.6. The molecule has 0 atom stereocenters. The standard InChI is InChI=1S/C20H20ClNO5S2/c1-28-15-6-9-18(21)17(12-15)20(24)27-13-19(23)14-4-7-16(8-5-14)29(25,26)22-10-2-3-11-22/h4-9,12H,2-3,10-11,13H2,1H3. The van der Waals surface area contributed by atoms with E-state index in [1.807, 2.05) is 6.26 Å². The van der Waals surface area contributed by atoms with Gasteiger partial charge in [-0.25, -0.2) is 13.2 Å². The maximum Gasteiger partial charge on any atom is 0.340 e. The van der Waals surface area contributed by atoms with Gasteiger partial charge in [0.05, 0.1) is 15.5 Å². The van der Waals surface area contributed by atoms with Crippen LogP contribution in [0.2, 0.25) is 5.02 Å². The fraction of sp³-hybridized carbons (Fsp3) is 0.300. The highest BCUT2D eigenvalue weighted by Gasteiger charge is 2.27. The highest BCUT2D eigenvalue weighted by Crippen LogP contribution is 2.24. The molecule has 6 nitrogen and oxygen atoms in total. The number of ether oxygens (including phenoxy) is 1. The Bertz CT molecular complexity index is 1020. The van der Waals surface area contributed by atoms with Crippen molar-refractivity contribution in [2.24, 2.45) is 0 Å². The van der Waals surface area contributed by atoms with E-state index in [1.54, 1.807) is 18.2 Å². The zero-order valence-electron chi connectivity index (χ0n) is 15.8. The molecule has 3 rings (SSSR count). The van der Waals surface area contributed by atoms with Crippen LogP contribution in [0.1, 0.15) is 33.6 Å². The number of thioether (sulfide) groups is 1. The summed E-state index contributed by atoms with van der Waals surface area (Å²) in [5, 5.41) is 0.247. The van der Waals surface area contributed by atoms with Crippen LogP contribution in [-0.2, 0) is 14.8 Å². The maximum absolute atomic E-state index is 12.5. The lowest BCUT2D eigenvalue weighted by molar-refractivity contribution is 0.0474. The third kappa shape index (κ3) is 5.01. The van der Waals surface area contributed by atoms with Crippen LogP contribution < -0.4 is 0 Å². The van der Waals surface area contributed by atoms with Gasteiger partial charge in [0.15, 0.2) is 12.4 Å². The van der Waals surface area contributed by atoms with Crippen molar-refractivity contribution in [1.82, 2.24) is 4.31 Å². The normalized spacial score (nSPS) is 14.7. The molecule has 1 aliphatic rings. The molecule has 0 spiro atoms. The number of sulfonamides is 1. The smallest absolute Gasteiger partial charge is 0.340 e. The van der Waals surface area contributed by atoms with Crippen molar-refractivity contribution in [3.8, 4) is 0 Å². The van der Waals surface area contributed by atoms with E-state index in [2.05, 4.69) is 0 Å². The Morgan fingerprint density at radius 3 is 2.38 bits per heavy atom. The number of esters is 1. The van der Waals surface area contributed by atoms with Gasteiger partial charge in [-0.3, -0.25) is 4.79 Å². The third-order valence-corrected chi connectivity index (χ3v) is 7.57. The van der Waals surface area contributed by atoms with Gasteiger partial charge in [0.25, 0.3) is 0 Å². The second kappa shape index (κ2) is 9.30. The summed E-state index contributed by atoms with van der Waals surface area (Å²) in [6.07, 6.45) is 3.57. The number of ketones is 1. The summed E-state index contributed by atoms with van der Waals surface area (Å²) in [7, 11) is -3.53. The first-order valence-corrected chi connectivity index (χ1v) is 12.0. The fourth-order valence-corrected chi connectivity index (χ4v) is 5.12. The number of hydrogen-bond donors (Lipinski definition) is 0. The lowest BCUT2D eigenvalue weighted by Crippen LogP contribution is -2.27. The van der Waals surface area contributed by atoms with E-state index >= 15 is 0 Å². The average molecular weight is 454 g/mol. The zero-order chi connectivity index (χ0) is 21.0. The van der Waals surface area contributed by atoms with Gasteiger partial charge in [-0.15, -0.1) is 11.8 Å². The molecule has 1 heterocycles. The van der Waals surface area contributed by atoms with E-state index in [-0.39, 0.29) is 21.0 Å². The number of carbonyl (C=O) groups excluding carboxylic acids is 2. The van der Waals surface area contributed by atoms with Gasteiger partial charge in [-0.2, -0.15) is 4.31 Å². The number of carbonyl (C=O) groups is 2. The zero-order valence-corrected chi connectivity index (χ0v) is 18.1. The van der Waals surface area contributed by atoms with Crippen molar-refractivity contribution in [1.29, 1.82) is 0 Å². The quantitative estimate of drug-likeness (QED) is 0.359. The fourth-order valence-electron chi connectivity index (χ4n) is 2.97. The van der Waals surface area contributed by atoms with Gasteiger partial charge in [0.2, 0.25) is 10.0 Å². The van der Waals surface area contributed by atoms with Gasteiger partial charge in [0.1, 0.15) is 0 Å². The SMILES string of the molecule is CSc1ccc(Cl)c(C(=O)OCC(=O)c2ccc(S(=O)(=O)N3CCCC3)cc2)c1. The van der Waals surface area contributed by atoms with E-state index in [9.17, 15) is 18.0 Å². The number of halogens is 1. The van der Waals surface area contributed by atoms with Gasteiger partial charge in [-0.05, 0) is 61.6 Å². The summed E-state index contributed by atoms with van der Waals surface area (Å²) >= 11 is 7.50. The van der Waals surface area contributed by atoms with Crippen molar-refractivity contribution in [2.75, 3.05) is 26.0 Å². The Morgan fingerprint density at radius 2 is 1.76 bits per heavy atom. The molecule has 1 fully saturated rings. The van der Waals surface area contributed by atoms with Crippen molar-refractivity contribution in [2.45, 2.75) is 22.6 Å². The largest absolute Gasteiger partial charge is 0.454 e. The van der Waals surface area contributed by atoms with Crippen LogP contribution in [0.3, 0.4) is 0 Å². The minimum Gasteiger partial charge on any atom is -0.454 e. The van der Waals surface area contributed by atoms with Gasteiger partial charge >= 0.3 is 5.97 Å². The summed E-state index contributed by atoms with van der Waals surface area (Å²) in [6, 6.07) is 10.7. The molecule has 0 radical (unpaired) electrons. The highest BCUT2D eigenvalue weighted by atomic mass is 35.5. The Hall–Kier alpha value is -1.87. The van der Waals surface area contributed by atoms with Gasteiger partial charge in [-0.1, -0.05) is 11.6 Å². The molecule has 2 aromatic rings. The van der Waals surface area contributed by atoms with Crippen molar-refractivity contribution in [3.63, 3.8) is 0 Å². The van der Waals surface area contributed by atoms with E-state index in [0.717, 1.165) is 17.7 Å². The van der Waals surface area contributed by atoms with Crippen LogP contribution in [0.4, 0.5) is 0 Å². The second-order valence-corrected chi connectivity index (χ2v) is 9.71. The van der Waals surface area contributed by atoms with E-state index in [1.165, 1.54) is 40.3 Å².